The number of alkyl halides is 2. The molecule has 0 aliphatic carbocycles. The second kappa shape index (κ2) is 13.8. The highest BCUT2D eigenvalue weighted by molar-refractivity contribution is 7.13. The second-order valence-corrected chi connectivity index (χ2v) is 10.9. The average Bonchev–Trinajstić information content (AvgIpc) is 3.45. The summed E-state index contributed by atoms with van der Waals surface area (Å²) in [5.74, 6) is -4.96. The van der Waals surface area contributed by atoms with Gasteiger partial charge in [0.25, 0.3) is 5.91 Å². The number of thiophene rings is 1. The molecule has 5 nitrogen and oxygen atoms in total. The first kappa shape index (κ1) is 29.0. The molecule has 0 bridgehead atoms. The summed E-state index contributed by atoms with van der Waals surface area (Å²) in [5.41, 5.74) is 1.33. The van der Waals surface area contributed by atoms with Gasteiger partial charge in [0, 0.05) is 17.8 Å². The molecule has 3 atom stereocenters. The van der Waals surface area contributed by atoms with Gasteiger partial charge in [0.1, 0.15) is 4.88 Å². The summed E-state index contributed by atoms with van der Waals surface area (Å²) in [4.78, 5) is 26.6. The predicted molar refractivity (Wildman–Crippen MR) is 142 cm³/mol. The number of rotatable bonds is 14. The van der Waals surface area contributed by atoms with Crippen LogP contribution in [0.4, 0.5) is 8.78 Å². The molecule has 0 unspecified atom stereocenters. The van der Waals surface area contributed by atoms with E-state index in [0.29, 0.717) is 17.7 Å². The number of halogens is 2. The van der Waals surface area contributed by atoms with Crippen molar-refractivity contribution in [3.63, 3.8) is 0 Å². The van der Waals surface area contributed by atoms with E-state index >= 15 is 0 Å². The Labute approximate surface area is 222 Å². The van der Waals surface area contributed by atoms with Gasteiger partial charge in [0.2, 0.25) is 0 Å². The SMILES string of the molecule is COC(=O)c1ccc(CCCN2C(=O)C(F)(F)C[C@@H]2C=C[C@H](O)[C@H](C)CCCCCc2ccccc2)s1. The average molecular weight is 534 g/mol. The van der Waals surface area contributed by atoms with Crippen LogP contribution in [0.15, 0.2) is 54.6 Å². The lowest BCUT2D eigenvalue weighted by Crippen LogP contribution is -2.36. The molecule has 2 heterocycles. The van der Waals surface area contributed by atoms with Gasteiger partial charge in [0.15, 0.2) is 0 Å². The monoisotopic (exact) mass is 533 g/mol. The molecule has 1 aromatic heterocycles. The molecule has 2 aromatic rings. The molecule has 37 heavy (non-hydrogen) atoms. The molecular weight excluding hydrogens is 496 g/mol. The number of ether oxygens (including phenoxy) is 1. The highest BCUT2D eigenvalue weighted by atomic mass is 32.1. The largest absolute Gasteiger partial charge is 0.465 e. The van der Waals surface area contributed by atoms with Crippen LogP contribution in [0.5, 0.6) is 0 Å². The summed E-state index contributed by atoms with van der Waals surface area (Å²) in [6, 6.07) is 13.1. The van der Waals surface area contributed by atoms with Crippen molar-refractivity contribution in [3.8, 4) is 0 Å². The zero-order chi connectivity index (χ0) is 26.8. The lowest BCUT2D eigenvalue weighted by atomic mass is 9.95. The molecule has 1 fully saturated rings. The van der Waals surface area contributed by atoms with E-state index in [1.54, 1.807) is 18.2 Å². The van der Waals surface area contributed by atoms with Gasteiger partial charge in [-0.25, -0.2) is 4.79 Å². The number of hydrogen-bond donors (Lipinski definition) is 1. The van der Waals surface area contributed by atoms with Crippen molar-refractivity contribution in [1.29, 1.82) is 0 Å². The van der Waals surface area contributed by atoms with Gasteiger partial charge >= 0.3 is 11.9 Å². The van der Waals surface area contributed by atoms with E-state index in [1.807, 2.05) is 31.2 Å². The van der Waals surface area contributed by atoms with E-state index in [2.05, 4.69) is 12.1 Å². The Bertz CT molecular complexity index is 1040. The minimum Gasteiger partial charge on any atom is -0.465 e. The first-order valence-corrected chi connectivity index (χ1v) is 13.8. The molecule has 8 heteroatoms. The van der Waals surface area contributed by atoms with Crippen molar-refractivity contribution in [2.75, 3.05) is 13.7 Å². The van der Waals surface area contributed by atoms with Crippen LogP contribution in [-0.4, -0.2) is 53.6 Å². The van der Waals surface area contributed by atoms with Crippen molar-refractivity contribution in [2.45, 2.75) is 76.4 Å². The minimum atomic E-state index is -3.40. The highest BCUT2D eigenvalue weighted by Crippen LogP contribution is 2.34. The van der Waals surface area contributed by atoms with Gasteiger partial charge in [-0.3, -0.25) is 4.79 Å². The Balaban J connectivity index is 1.45. The number of aryl methyl sites for hydroxylation is 2. The number of carbonyl (C=O) groups excluding carboxylic acids is 2. The van der Waals surface area contributed by atoms with Crippen LogP contribution in [0.25, 0.3) is 0 Å². The molecule has 1 aromatic carbocycles. The van der Waals surface area contributed by atoms with Crippen LogP contribution in [0, 0.1) is 5.92 Å². The molecule has 1 aliphatic rings. The zero-order valence-corrected chi connectivity index (χ0v) is 22.4. The van der Waals surface area contributed by atoms with Crippen LogP contribution in [0.2, 0.25) is 0 Å². The fraction of sp³-hybridized carbons (Fsp3) is 0.517. The van der Waals surface area contributed by atoms with E-state index in [9.17, 15) is 23.5 Å². The standard InChI is InChI=1S/C29H37F2NO4S/c1-21(10-5-3-6-11-22-12-7-4-8-13-22)25(33)17-15-23-20-29(30,31)28(35)32(23)19-9-14-24-16-18-26(37-24)27(34)36-2/h4,7-8,12-13,15-18,21,23,25,33H,3,5-6,9-11,14,19-20H2,1-2H3/t21-,23+,25+/m1/s1. The maximum Gasteiger partial charge on any atom is 0.348 e. The smallest absolute Gasteiger partial charge is 0.348 e. The lowest BCUT2D eigenvalue weighted by Gasteiger charge is -2.22. The molecule has 1 N–H and O–H groups in total. The lowest BCUT2D eigenvalue weighted by molar-refractivity contribution is -0.148. The molecule has 1 amide bonds. The molecule has 0 saturated carbocycles. The van der Waals surface area contributed by atoms with Crippen LogP contribution in [0.1, 0.15) is 65.6 Å². The van der Waals surface area contributed by atoms with Gasteiger partial charge in [-0.15, -0.1) is 11.3 Å². The fourth-order valence-corrected chi connectivity index (χ4v) is 5.59. The number of esters is 1. The Hall–Kier alpha value is -2.58. The molecule has 0 radical (unpaired) electrons. The fourth-order valence-electron chi connectivity index (χ4n) is 4.63. The Morgan fingerprint density at radius 3 is 2.65 bits per heavy atom. The van der Waals surface area contributed by atoms with Gasteiger partial charge in [-0.05, 0) is 55.7 Å². The molecule has 202 valence electrons. The van der Waals surface area contributed by atoms with E-state index < -0.39 is 36.4 Å². The van der Waals surface area contributed by atoms with Crippen molar-refractivity contribution in [2.24, 2.45) is 5.92 Å². The maximum absolute atomic E-state index is 14.2. The molecule has 1 aliphatic heterocycles. The van der Waals surface area contributed by atoms with Crippen LogP contribution >= 0.6 is 11.3 Å². The molecule has 0 spiro atoms. The number of hydrogen-bond acceptors (Lipinski definition) is 5. The first-order chi connectivity index (χ1) is 17.7. The number of nitrogens with zero attached hydrogens (tertiary/aromatic N) is 1. The summed E-state index contributed by atoms with van der Waals surface area (Å²) >= 11 is 1.30. The third-order valence-electron chi connectivity index (χ3n) is 6.89. The number of aliphatic hydroxyl groups is 1. The number of methoxy groups -OCH3 is 1. The Morgan fingerprint density at radius 1 is 1.16 bits per heavy atom. The van der Waals surface area contributed by atoms with Gasteiger partial charge in [-0.2, -0.15) is 8.78 Å². The number of amides is 1. The van der Waals surface area contributed by atoms with Crippen LogP contribution in [-0.2, 0) is 22.4 Å². The van der Waals surface area contributed by atoms with Crippen molar-refractivity contribution >= 4 is 23.2 Å². The molecular formula is C29H37F2NO4S. The van der Waals surface area contributed by atoms with E-state index in [1.165, 1.54) is 28.9 Å². The normalized spacial score (nSPS) is 18.9. The number of carbonyl (C=O) groups is 2. The number of unbranched alkanes of at least 4 members (excludes halogenated alkanes) is 2. The summed E-state index contributed by atoms with van der Waals surface area (Å²) in [6.07, 6.45) is 7.91. The number of benzene rings is 1. The van der Waals surface area contributed by atoms with E-state index in [4.69, 9.17) is 4.74 Å². The summed E-state index contributed by atoms with van der Waals surface area (Å²) in [5, 5.41) is 10.6. The quantitative estimate of drug-likeness (QED) is 0.182. The second-order valence-electron chi connectivity index (χ2n) is 9.77. The van der Waals surface area contributed by atoms with E-state index in [0.717, 1.165) is 37.0 Å². The van der Waals surface area contributed by atoms with Crippen LogP contribution < -0.4 is 0 Å². The summed E-state index contributed by atoms with van der Waals surface area (Å²) < 4.78 is 33.2. The van der Waals surface area contributed by atoms with Crippen LogP contribution in [0.3, 0.4) is 0 Å². The molecule has 3 rings (SSSR count). The number of likely N-dealkylation sites (tertiary alicyclic amines) is 1. The topological polar surface area (TPSA) is 66.8 Å². The first-order valence-electron chi connectivity index (χ1n) is 13.0. The Kier molecular flexibility index (Phi) is 10.8. The van der Waals surface area contributed by atoms with Crippen molar-refractivity contribution in [3.05, 3.63) is 69.9 Å². The minimum absolute atomic E-state index is 0.00174. The third-order valence-corrected chi connectivity index (χ3v) is 8.02. The number of aliphatic hydroxyl groups excluding tert-OH is 1. The van der Waals surface area contributed by atoms with Gasteiger partial charge in [0.05, 0.1) is 19.3 Å². The van der Waals surface area contributed by atoms with Crippen molar-refractivity contribution in [1.82, 2.24) is 4.90 Å². The summed E-state index contributed by atoms with van der Waals surface area (Å²) in [6.45, 7) is 2.14. The van der Waals surface area contributed by atoms with Crippen molar-refractivity contribution < 1.29 is 28.2 Å². The Morgan fingerprint density at radius 2 is 1.92 bits per heavy atom. The highest BCUT2D eigenvalue weighted by Gasteiger charge is 2.52. The maximum atomic E-state index is 14.2. The molecule has 1 saturated heterocycles. The predicted octanol–water partition coefficient (Wildman–Crippen LogP) is 6.06. The summed E-state index contributed by atoms with van der Waals surface area (Å²) in [7, 11) is 1.32. The third kappa shape index (κ3) is 8.47. The van der Waals surface area contributed by atoms with Gasteiger partial charge in [-0.1, -0.05) is 62.2 Å². The van der Waals surface area contributed by atoms with Gasteiger partial charge < -0.3 is 14.7 Å². The van der Waals surface area contributed by atoms with E-state index in [-0.39, 0.29) is 12.5 Å². The zero-order valence-electron chi connectivity index (χ0n) is 21.6.